The molecule has 2 amide bonds. The van der Waals surface area contributed by atoms with E-state index in [1.165, 1.54) is 11.3 Å². The Labute approximate surface area is 150 Å². The van der Waals surface area contributed by atoms with Gasteiger partial charge >= 0.3 is 0 Å². The van der Waals surface area contributed by atoms with Crippen LogP contribution in [0, 0.1) is 6.92 Å². The van der Waals surface area contributed by atoms with E-state index in [1.54, 1.807) is 6.92 Å². The molecule has 1 heterocycles. The van der Waals surface area contributed by atoms with Gasteiger partial charge in [-0.1, -0.05) is 37.3 Å². The summed E-state index contributed by atoms with van der Waals surface area (Å²) in [7, 11) is 0. The molecule has 0 saturated heterocycles. The Balaban J connectivity index is 2.27. The van der Waals surface area contributed by atoms with Gasteiger partial charge in [0.05, 0.1) is 5.56 Å². The van der Waals surface area contributed by atoms with Crippen molar-refractivity contribution in [3.05, 3.63) is 51.9 Å². The number of hydrogen-bond donors (Lipinski definition) is 3. The molecule has 0 aliphatic heterocycles. The normalized spacial score (nSPS) is 10.2. The highest BCUT2D eigenvalue weighted by Gasteiger charge is 2.20. The Hall–Kier alpha value is -2.25. The predicted octanol–water partition coefficient (Wildman–Crippen LogP) is 2.97. The number of hydrogen-bond acceptors (Lipinski definition) is 4. The van der Waals surface area contributed by atoms with Crippen molar-refractivity contribution in [1.29, 1.82) is 0 Å². The number of carbonyl (C=O) groups excluding carboxylic acids is 2. The Bertz CT molecular complexity index is 770. The van der Waals surface area contributed by atoms with Crippen LogP contribution in [0.4, 0.5) is 5.00 Å². The van der Waals surface area contributed by atoms with Gasteiger partial charge in [-0.05, 0) is 30.3 Å². The fourth-order valence-electron chi connectivity index (χ4n) is 2.24. The molecular formula is C17H19N3O2S2. The number of amides is 2. The molecule has 0 aliphatic carbocycles. The van der Waals surface area contributed by atoms with Gasteiger partial charge in [0.25, 0.3) is 5.91 Å². The van der Waals surface area contributed by atoms with Gasteiger partial charge in [0.15, 0.2) is 5.11 Å². The zero-order chi connectivity index (χ0) is 17.7. The third-order valence-electron chi connectivity index (χ3n) is 3.50. The highest BCUT2D eigenvalue weighted by molar-refractivity contribution is 7.80. The van der Waals surface area contributed by atoms with E-state index >= 15 is 0 Å². The highest BCUT2D eigenvalue weighted by atomic mass is 32.1. The number of nitrogens with two attached hydrogens (primary N) is 1. The molecule has 0 unspecified atom stereocenters. The van der Waals surface area contributed by atoms with E-state index in [2.05, 4.69) is 10.6 Å². The lowest BCUT2D eigenvalue weighted by atomic mass is 10.1. The van der Waals surface area contributed by atoms with Crippen molar-refractivity contribution in [3.8, 4) is 0 Å². The Kier molecular flexibility index (Phi) is 6.05. The van der Waals surface area contributed by atoms with Crippen molar-refractivity contribution in [3.63, 3.8) is 0 Å². The molecule has 0 spiro atoms. The lowest BCUT2D eigenvalue weighted by molar-refractivity contribution is -0.119. The first-order chi connectivity index (χ1) is 11.4. The number of rotatable bonds is 5. The highest BCUT2D eigenvalue weighted by Crippen LogP contribution is 2.34. The van der Waals surface area contributed by atoms with Gasteiger partial charge in [-0.2, -0.15) is 0 Å². The zero-order valence-electron chi connectivity index (χ0n) is 13.5. The minimum absolute atomic E-state index is 0.164. The fourth-order valence-corrected chi connectivity index (χ4v) is 3.77. The average Bonchev–Trinajstić information content (AvgIpc) is 2.83. The van der Waals surface area contributed by atoms with Gasteiger partial charge < -0.3 is 16.4 Å². The molecule has 0 saturated carbocycles. The minimum Gasteiger partial charge on any atom is -0.365 e. The molecular weight excluding hydrogens is 342 g/mol. The van der Waals surface area contributed by atoms with Crippen molar-refractivity contribution in [2.24, 2.45) is 5.73 Å². The van der Waals surface area contributed by atoms with Crippen LogP contribution in [-0.2, 0) is 11.2 Å². The quantitative estimate of drug-likeness (QED) is 0.715. The van der Waals surface area contributed by atoms with Crippen LogP contribution in [0.2, 0.25) is 0 Å². The molecule has 7 heteroatoms. The summed E-state index contributed by atoms with van der Waals surface area (Å²) in [5, 5.41) is 6.21. The van der Waals surface area contributed by atoms with E-state index in [0.717, 1.165) is 16.0 Å². The summed E-state index contributed by atoms with van der Waals surface area (Å²) in [6.45, 7) is 3.60. The third kappa shape index (κ3) is 4.39. The summed E-state index contributed by atoms with van der Waals surface area (Å²) in [5.74, 6) is -0.707. The fraction of sp³-hybridized carbons (Fsp3) is 0.235. The lowest BCUT2D eigenvalue weighted by Gasteiger charge is -2.08. The largest absolute Gasteiger partial charge is 0.365 e. The molecule has 24 heavy (non-hydrogen) atoms. The monoisotopic (exact) mass is 361 g/mol. The van der Waals surface area contributed by atoms with Gasteiger partial charge in [-0.15, -0.1) is 11.3 Å². The molecule has 4 N–H and O–H groups in total. The van der Waals surface area contributed by atoms with Crippen LogP contribution in [0.25, 0.3) is 0 Å². The van der Waals surface area contributed by atoms with Gasteiger partial charge in [-0.3, -0.25) is 9.59 Å². The summed E-state index contributed by atoms with van der Waals surface area (Å²) < 4.78 is 0. The first-order valence-corrected chi connectivity index (χ1v) is 8.71. The van der Waals surface area contributed by atoms with Crippen LogP contribution >= 0.6 is 23.6 Å². The summed E-state index contributed by atoms with van der Waals surface area (Å²) in [6.07, 6.45) is 1.03. The van der Waals surface area contributed by atoms with E-state index in [4.69, 9.17) is 18.0 Å². The van der Waals surface area contributed by atoms with E-state index in [9.17, 15) is 9.59 Å². The van der Waals surface area contributed by atoms with Gasteiger partial charge in [0.2, 0.25) is 5.91 Å². The summed E-state index contributed by atoms with van der Waals surface area (Å²) >= 11 is 6.54. The maximum absolute atomic E-state index is 11.8. The van der Waals surface area contributed by atoms with Gasteiger partial charge in [0, 0.05) is 17.7 Å². The lowest BCUT2D eigenvalue weighted by Crippen LogP contribution is -2.33. The van der Waals surface area contributed by atoms with Gasteiger partial charge in [-0.25, -0.2) is 0 Å². The number of thiocarbonyl (C=S) groups is 1. The molecule has 0 fully saturated rings. The first kappa shape index (κ1) is 18.1. The molecule has 0 radical (unpaired) electrons. The molecule has 0 atom stereocenters. The van der Waals surface area contributed by atoms with E-state index in [0.29, 0.717) is 23.4 Å². The second-order valence-electron chi connectivity index (χ2n) is 5.24. The predicted molar refractivity (Wildman–Crippen MR) is 101 cm³/mol. The topological polar surface area (TPSA) is 84.2 Å². The second-order valence-corrected chi connectivity index (χ2v) is 6.75. The average molecular weight is 361 g/mol. The molecule has 1 aromatic carbocycles. The molecule has 2 aromatic rings. The van der Waals surface area contributed by atoms with Crippen molar-refractivity contribution in [2.45, 2.75) is 26.7 Å². The zero-order valence-corrected chi connectivity index (χ0v) is 15.1. The minimum atomic E-state index is -0.518. The molecule has 1 aromatic heterocycles. The van der Waals surface area contributed by atoms with Crippen molar-refractivity contribution in [2.75, 3.05) is 5.32 Å². The molecule has 0 aliphatic rings. The Morgan fingerprint density at radius 1 is 1.25 bits per heavy atom. The third-order valence-corrected chi connectivity index (χ3v) is 4.91. The SMILES string of the molecule is CCC(=O)NC(=S)Nc1sc(Cc2ccccc2)c(C)c1C(N)=O. The van der Waals surface area contributed by atoms with Crippen LogP contribution in [0.3, 0.4) is 0 Å². The molecule has 5 nitrogen and oxygen atoms in total. The van der Waals surface area contributed by atoms with Crippen LogP contribution in [0.15, 0.2) is 30.3 Å². The summed E-state index contributed by atoms with van der Waals surface area (Å²) in [6, 6.07) is 9.97. The standard InChI is InChI=1S/C17H19N3O2S2/c1-3-13(21)19-17(23)20-16-14(15(18)22)10(2)12(24-16)9-11-7-5-4-6-8-11/h4-8H,3,9H2,1-2H3,(H2,18,22)(H2,19,20,21,23). The number of carbonyl (C=O) groups is 2. The number of anilines is 1. The summed E-state index contributed by atoms with van der Waals surface area (Å²) in [5.41, 5.74) is 7.92. The molecule has 2 rings (SSSR count). The van der Waals surface area contributed by atoms with E-state index in [-0.39, 0.29) is 11.0 Å². The number of nitrogens with one attached hydrogen (secondary N) is 2. The number of thiophene rings is 1. The van der Waals surface area contributed by atoms with Crippen molar-refractivity contribution in [1.82, 2.24) is 5.32 Å². The second kappa shape index (κ2) is 8.03. The van der Waals surface area contributed by atoms with Crippen LogP contribution in [0.5, 0.6) is 0 Å². The maximum atomic E-state index is 11.8. The van der Waals surface area contributed by atoms with Crippen LogP contribution in [0.1, 0.15) is 39.7 Å². The number of primary amides is 1. The number of benzene rings is 1. The van der Waals surface area contributed by atoms with Crippen LogP contribution in [-0.4, -0.2) is 16.9 Å². The Morgan fingerprint density at radius 2 is 1.92 bits per heavy atom. The van der Waals surface area contributed by atoms with E-state index < -0.39 is 5.91 Å². The first-order valence-electron chi connectivity index (χ1n) is 7.49. The van der Waals surface area contributed by atoms with E-state index in [1.807, 2.05) is 37.3 Å². The Morgan fingerprint density at radius 3 is 2.50 bits per heavy atom. The van der Waals surface area contributed by atoms with Crippen molar-refractivity contribution < 1.29 is 9.59 Å². The molecule has 0 bridgehead atoms. The summed E-state index contributed by atoms with van der Waals surface area (Å²) in [4.78, 5) is 24.3. The van der Waals surface area contributed by atoms with Crippen LogP contribution < -0.4 is 16.4 Å². The smallest absolute Gasteiger partial charge is 0.251 e. The molecule has 126 valence electrons. The van der Waals surface area contributed by atoms with Gasteiger partial charge in [0.1, 0.15) is 5.00 Å². The van der Waals surface area contributed by atoms with Crippen molar-refractivity contribution >= 4 is 45.5 Å². The maximum Gasteiger partial charge on any atom is 0.251 e.